The summed E-state index contributed by atoms with van der Waals surface area (Å²) in [6, 6.07) is 0. The van der Waals surface area contributed by atoms with Gasteiger partial charge in [0.05, 0.1) is 0 Å². The lowest BCUT2D eigenvalue weighted by Gasteiger charge is -1.80. The molecule has 0 aromatic heterocycles. The van der Waals surface area contributed by atoms with Crippen molar-refractivity contribution in [2.75, 3.05) is 0 Å². The largest absolute Gasteiger partial charge is 0.103 e. The van der Waals surface area contributed by atoms with Crippen LogP contribution in [0.1, 0.15) is 41.0 Å². The van der Waals surface area contributed by atoms with Gasteiger partial charge in [-0.25, -0.2) is 0 Å². The molecule has 72 valence electrons. The van der Waals surface area contributed by atoms with Crippen LogP contribution in [0, 0.1) is 0 Å². The van der Waals surface area contributed by atoms with E-state index in [0.29, 0.717) is 0 Å². The highest BCUT2D eigenvalue weighted by molar-refractivity contribution is 4.91. The molecule has 0 rings (SSSR count). The molecule has 0 aromatic carbocycles. The maximum atomic E-state index is 3.36. The summed E-state index contributed by atoms with van der Waals surface area (Å²) in [7, 11) is 0. The van der Waals surface area contributed by atoms with Crippen LogP contribution in [-0.2, 0) is 0 Å². The van der Waals surface area contributed by atoms with Crippen LogP contribution < -0.4 is 0 Å². The van der Waals surface area contributed by atoms with Crippen molar-refractivity contribution in [1.29, 1.82) is 0 Å². The zero-order chi connectivity index (χ0) is 10.4. The van der Waals surface area contributed by atoms with Crippen molar-refractivity contribution in [3.8, 4) is 0 Å². The molecule has 0 N–H and O–H groups in total. The van der Waals surface area contributed by atoms with Gasteiger partial charge in [-0.05, 0) is 34.1 Å². The molecule has 0 radical (unpaired) electrons. The predicted molar refractivity (Wildman–Crippen MR) is 61.5 cm³/mol. The Hall–Kier alpha value is -0.780. The molecule has 0 aromatic rings. The van der Waals surface area contributed by atoms with Crippen molar-refractivity contribution in [2.45, 2.75) is 41.0 Å². The van der Waals surface area contributed by atoms with Crippen LogP contribution in [0.2, 0.25) is 0 Å². The molecule has 0 aliphatic rings. The first-order valence-electron chi connectivity index (χ1n) is 4.38. The number of rotatable bonds is 1. The van der Waals surface area contributed by atoms with Crippen molar-refractivity contribution in [2.24, 2.45) is 0 Å². The van der Waals surface area contributed by atoms with Crippen molar-refractivity contribution in [1.82, 2.24) is 0 Å². The van der Waals surface area contributed by atoms with Crippen molar-refractivity contribution in [3.05, 3.63) is 37.0 Å². The van der Waals surface area contributed by atoms with Crippen LogP contribution in [0.3, 0.4) is 0 Å². The van der Waals surface area contributed by atoms with Gasteiger partial charge in [0.1, 0.15) is 0 Å². The van der Waals surface area contributed by atoms with E-state index in [9.17, 15) is 0 Å². The molecule has 0 saturated carbocycles. The summed E-state index contributed by atoms with van der Waals surface area (Å²) in [6.45, 7) is 16.9. The third-order valence-electron chi connectivity index (χ3n) is 0.612. The smallest absolute Gasteiger partial charge is 0.0377 e. The number of hydrogen-bond acceptors (Lipinski definition) is 0. The Morgan fingerprint density at radius 3 is 1.33 bits per heavy atom. The third kappa shape index (κ3) is 126. The fraction of sp³-hybridized carbons (Fsp3) is 0.500. The average Bonchev–Trinajstić information content (AvgIpc) is 1.89. The summed E-state index contributed by atoms with van der Waals surface area (Å²) >= 11 is 0. The van der Waals surface area contributed by atoms with E-state index in [1.807, 2.05) is 13.8 Å². The van der Waals surface area contributed by atoms with Gasteiger partial charge in [0.2, 0.25) is 0 Å². The molecule has 12 heavy (non-hydrogen) atoms. The zero-order valence-electron chi connectivity index (χ0n) is 9.35. The monoisotopic (exact) mass is 168 g/mol. The lowest BCUT2D eigenvalue weighted by molar-refractivity contribution is 1.18. The van der Waals surface area contributed by atoms with E-state index in [1.54, 1.807) is 12.2 Å². The first-order chi connectivity index (χ1) is 5.60. The molecule has 0 heteroatoms. The van der Waals surface area contributed by atoms with Crippen molar-refractivity contribution < 1.29 is 0 Å². The molecule has 0 aliphatic carbocycles. The molecule has 0 amide bonds. The number of allylic oxidation sites excluding steroid dienone is 4. The summed E-state index contributed by atoms with van der Waals surface area (Å²) in [5, 5.41) is 0. The Bertz CT molecular complexity index is 97.2. The second-order valence-electron chi connectivity index (χ2n) is 2.51. The van der Waals surface area contributed by atoms with Gasteiger partial charge in [-0.3, -0.25) is 0 Å². The second kappa shape index (κ2) is 22.5. The molecule has 0 spiro atoms. The Labute approximate surface area is 78.7 Å². The van der Waals surface area contributed by atoms with E-state index in [-0.39, 0.29) is 0 Å². The summed E-state index contributed by atoms with van der Waals surface area (Å²) in [6.07, 6.45) is 6.88. The third-order valence-corrected chi connectivity index (χ3v) is 0.612. The van der Waals surface area contributed by atoms with Crippen molar-refractivity contribution in [3.63, 3.8) is 0 Å². The zero-order valence-corrected chi connectivity index (χ0v) is 9.35. The van der Waals surface area contributed by atoms with Gasteiger partial charge in [-0.1, -0.05) is 30.7 Å². The summed E-state index contributed by atoms with van der Waals surface area (Å²) < 4.78 is 0. The highest BCUT2D eigenvalue weighted by Crippen LogP contribution is 1.89. The average molecular weight is 168 g/mol. The van der Waals surface area contributed by atoms with Crippen LogP contribution in [0.25, 0.3) is 0 Å². The summed E-state index contributed by atoms with van der Waals surface area (Å²) in [5.41, 5.74) is 1.41. The first-order valence-corrected chi connectivity index (χ1v) is 4.38. The lowest BCUT2D eigenvalue weighted by Crippen LogP contribution is -1.58. The molecule has 0 aliphatic heterocycles. The number of hydrogen-bond donors (Lipinski definition) is 0. The standard InChI is InChI=1S/C6H12.2C3H6/c1-4-5-6(2)3;2*1-3-2/h5H,4H2,1-3H3;2*3H,1H2,2H3. The van der Waals surface area contributed by atoms with E-state index in [4.69, 9.17) is 0 Å². The van der Waals surface area contributed by atoms with Gasteiger partial charge < -0.3 is 0 Å². The topological polar surface area (TPSA) is 0 Å². The normalized spacial score (nSPS) is 6.08. The van der Waals surface area contributed by atoms with Crippen molar-refractivity contribution >= 4 is 0 Å². The summed E-state index contributed by atoms with van der Waals surface area (Å²) in [5.74, 6) is 0. The van der Waals surface area contributed by atoms with Crippen LogP contribution in [0.5, 0.6) is 0 Å². The van der Waals surface area contributed by atoms with Gasteiger partial charge in [0.15, 0.2) is 0 Å². The minimum absolute atomic E-state index is 1.17. The molecule has 0 atom stereocenters. The van der Waals surface area contributed by atoms with E-state index >= 15 is 0 Å². The molecule has 0 fully saturated rings. The first kappa shape index (κ1) is 17.3. The Morgan fingerprint density at radius 1 is 1.08 bits per heavy atom. The highest BCUT2D eigenvalue weighted by Gasteiger charge is 1.67. The Morgan fingerprint density at radius 2 is 1.33 bits per heavy atom. The highest BCUT2D eigenvalue weighted by atomic mass is 13.7. The van der Waals surface area contributed by atoms with E-state index in [1.165, 1.54) is 12.0 Å². The lowest BCUT2D eigenvalue weighted by atomic mass is 10.3. The molecular formula is C12H24. The van der Waals surface area contributed by atoms with E-state index in [0.717, 1.165) is 0 Å². The van der Waals surface area contributed by atoms with Gasteiger partial charge in [0.25, 0.3) is 0 Å². The van der Waals surface area contributed by atoms with Gasteiger partial charge in [-0.15, -0.1) is 13.2 Å². The maximum absolute atomic E-state index is 3.36. The second-order valence-corrected chi connectivity index (χ2v) is 2.51. The fourth-order valence-corrected chi connectivity index (χ4v) is 0.408. The van der Waals surface area contributed by atoms with E-state index in [2.05, 4.69) is 40.0 Å². The molecule has 0 unspecified atom stereocenters. The molecule has 0 bridgehead atoms. The van der Waals surface area contributed by atoms with Crippen LogP contribution in [0.4, 0.5) is 0 Å². The Balaban J connectivity index is -0.000000115. The quantitative estimate of drug-likeness (QED) is 0.496. The van der Waals surface area contributed by atoms with Gasteiger partial charge in [-0.2, -0.15) is 0 Å². The van der Waals surface area contributed by atoms with Gasteiger partial charge in [0, 0.05) is 0 Å². The minimum atomic E-state index is 1.17. The Kier molecular flexibility index (Phi) is 32.5. The van der Waals surface area contributed by atoms with E-state index < -0.39 is 0 Å². The predicted octanol–water partition coefficient (Wildman–Crippen LogP) is 4.75. The molecule has 0 saturated heterocycles. The fourth-order valence-electron chi connectivity index (χ4n) is 0.408. The van der Waals surface area contributed by atoms with Crippen LogP contribution in [-0.4, -0.2) is 0 Å². The maximum Gasteiger partial charge on any atom is -0.0377 e. The van der Waals surface area contributed by atoms with Crippen LogP contribution >= 0.6 is 0 Å². The SMILES string of the molecule is C=CC.C=CC.CCC=C(C)C. The molecule has 0 heterocycles. The molecular weight excluding hydrogens is 144 g/mol. The molecule has 0 nitrogen and oxygen atoms in total. The minimum Gasteiger partial charge on any atom is -0.103 e. The summed E-state index contributed by atoms with van der Waals surface area (Å²) in [4.78, 5) is 0. The van der Waals surface area contributed by atoms with Crippen LogP contribution in [0.15, 0.2) is 37.0 Å². The van der Waals surface area contributed by atoms with Gasteiger partial charge >= 0.3 is 0 Å².